The first-order valence-electron chi connectivity index (χ1n) is 6.71. The summed E-state index contributed by atoms with van der Waals surface area (Å²) >= 11 is 0. The van der Waals surface area contributed by atoms with Crippen molar-refractivity contribution in [2.75, 3.05) is 20.2 Å². The van der Waals surface area contributed by atoms with Gasteiger partial charge in [-0.1, -0.05) is 6.42 Å². The maximum atomic E-state index is 12.6. The predicted molar refractivity (Wildman–Crippen MR) is 69.3 cm³/mol. The number of ether oxygens (including phenoxy) is 1. The Balaban J connectivity index is 2.15. The summed E-state index contributed by atoms with van der Waals surface area (Å²) in [5.74, 6) is -1.75. The standard InChI is InChI=1S/C12H21NO5S/c1-18-9-4-3-7-13(8-9)19(16,17)11-6-2-5-10(11)12(14)15/h9-11H,2-8H2,1H3,(H,14,15). The van der Waals surface area contributed by atoms with Crippen molar-refractivity contribution in [2.45, 2.75) is 43.5 Å². The van der Waals surface area contributed by atoms with Crippen LogP contribution in [-0.2, 0) is 19.6 Å². The van der Waals surface area contributed by atoms with E-state index in [1.54, 1.807) is 7.11 Å². The van der Waals surface area contributed by atoms with Gasteiger partial charge in [0.15, 0.2) is 0 Å². The van der Waals surface area contributed by atoms with E-state index in [0.29, 0.717) is 32.4 Å². The first-order valence-corrected chi connectivity index (χ1v) is 8.21. The summed E-state index contributed by atoms with van der Waals surface area (Å²) in [7, 11) is -1.95. The summed E-state index contributed by atoms with van der Waals surface area (Å²) in [6.07, 6.45) is 3.13. The van der Waals surface area contributed by atoms with Crippen LogP contribution in [0.4, 0.5) is 0 Å². The number of carboxylic acid groups (broad SMARTS) is 1. The average Bonchev–Trinajstić information content (AvgIpc) is 2.89. The van der Waals surface area contributed by atoms with E-state index in [1.165, 1.54) is 4.31 Å². The highest BCUT2D eigenvalue weighted by atomic mass is 32.2. The zero-order valence-corrected chi connectivity index (χ0v) is 11.9. The molecule has 19 heavy (non-hydrogen) atoms. The van der Waals surface area contributed by atoms with Crippen LogP contribution in [-0.4, -0.2) is 55.4 Å². The van der Waals surface area contributed by atoms with Crippen molar-refractivity contribution in [3.63, 3.8) is 0 Å². The van der Waals surface area contributed by atoms with Gasteiger partial charge in [-0.05, 0) is 25.7 Å². The van der Waals surface area contributed by atoms with Crippen LogP contribution < -0.4 is 0 Å². The van der Waals surface area contributed by atoms with Gasteiger partial charge in [0, 0.05) is 20.2 Å². The fourth-order valence-corrected chi connectivity index (χ4v) is 5.36. The minimum Gasteiger partial charge on any atom is -0.481 e. The lowest BCUT2D eigenvalue weighted by Gasteiger charge is -2.33. The second-order valence-corrected chi connectivity index (χ2v) is 7.47. The predicted octanol–water partition coefficient (Wildman–Crippen LogP) is 0.680. The highest BCUT2D eigenvalue weighted by molar-refractivity contribution is 7.89. The molecule has 2 fully saturated rings. The smallest absolute Gasteiger partial charge is 0.307 e. The molecule has 0 aromatic heterocycles. The zero-order chi connectivity index (χ0) is 14.0. The number of carbonyl (C=O) groups is 1. The van der Waals surface area contributed by atoms with Crippen LogP contribution in [0, 0.1) is 5.92 Å². The van der Waals surface area contributed by atoms with Crippen LogP contribution >= 0.6 is 0 Å². The van der Waals surface area contributed by atoms with E-state index in [0.717, 1.165) is 12.8 Å². The molecule has 1 aliphatic heterocycles. The van der Waals surface area contributed by atoms with Gasteiger partial charge in [0.1, 0.15) is 0 Å². The molecule has 1 saturated carbocycles. The molecule has 2 aliphatic rings. The van der Waals surface area contributed by atoms with E-state index in [2.05, 4.69) is 0 Å². The number of rotatable bonds is 4. The van der Waals surface area contributed by atoms with Gasteiger partial charge in [0.05, 0.1) is 17.3 Å². The fourth-order valence-electron chi connectivity index (χ4n) is 3.09. The summed E-state index contributed by atoms with van der Waals surface area (Å²) in [5, 5.41) is 8.37. The largest absolute Gasteiger partial charge is 0.481 e. The third-order valence-electron chi connectivity index (χ3n) is 4.19. The van der Waals surface area contributed by atoms with Crippen LogP contribution in [0.1, 0.15) is 32.1 Å². The molecule has 0 amide bonds. The fraction of sp³-hybridized carbons (Fsp3) is 0.917. The number of sulfonamides is 1. The van der Waals surface area contributed by atoms with Gasteiger partial charge in [0.2, 0.25) is 10.0 Å². The van der Waals surface area contributed by atoms with E-state index in [-0.39, 0.29) is 6.10 Å². The molecule has 0 radical (unpaired) electrons. The molecule has 110 valence electrons. The Bertz CT molecular complexity index is 435. The third kappa shape index (κ3) is 2.93. The molecule has 3 atom stereocenters. The van der Waals surface area contributed by atoms with Crippen molar-refractivity contribution in [3.8, 4) is 0 Å². The summed E-state index contributed by atoms with van der Waals surface area (Å²) in [6.45, 7) is 0.826. The summed E-state index contributed by atoms with van der Waals surface area (Å²) in [5.41, 5.74) is 0. The maximum absolute atomic E-state index is 12.6. The average molecular weight is 291 g/mol. The number of hydrogen-bond donors (Lipinski definition) is 1. The van der Waals surface area contributed by atoms with Gasteiger partial charge in [-0.25, -0.2) is 8.42 Å². The summed E-state index contributed by atoms with van der Waals surface area (Å²) in [4.78, 5) is 11.2. The molecule has 0 spiro atoms. The molecule has 7 heteroatoms. The first-order chi connectivity index (χ1) is 8.96. The molecule has 2 rings (SSSR count). The SMILES string of the molecule is COC1CCCN(S(=O)(=O)C2CCCC2C(=O)O)C1. The Morgan fingerprint density at radius 2 is 2.00 bits per heavy atom. The van der Waals surface area contributed by atoms with Gasteiger partial charge >= 0.3 is 5.97 Å². The monoisotopic (exact) mass is 291 g/mol. The van der Waals surface area contributed by atoms with Crippen molar-refractivity contribution in [2.24, 2.45) is 5.92 Å². The van der Waals surface area contributed by atoms with Crippen molar-refractivity contribution in [1.82, 2.24) is 4.31 Å². The molecule has 1 heterocycles. The quantitative estimate of drug-likeness (QED) is 0.823. The molecule has 0 bridgehead atoms. The van der Waals surface area contributed by atoms with Gasteiger partial charge in [-0.2, -0.15) is 4.31 Å². The summed E-state index contributed by atoms with van der Waals surface area (Å²) in [6, 6.07) is 0. The lowest BCUT2D eigenvalue weighted by molar-refractivity contribution is -0.141. The Labute approximate surface area is 113 Å². The molecule has 6 nitrogen and oxygen atoms in total. The minimum atomic E-state index is -3.53. The molecule has 1 saturated heterocycles. The number of aliphatic carboxylic acids is 1. The van der Waals surface area contributed by atoms with Crippen molar-refractivity contribution in [3.05, 3.63) is 0 Å². The molecule has 0 aromatic carbocycles. The highest BCUT2D eigenvalue weighted by Gasteiger charge is 2.45. The van der Waals surface area contributed by atoms with Gasteiger partial charge in [-0.3, -0.25) is 4.79 Å². The van der Waals surface area contributed by atoms with Crippen LogP contribution in [0.25, 0.3) is 0 Å². The van der Waals surface area contributed by atoms with Gasteiger partial charge in [-0.15, -0.1) is 0 Å². The van der Waals surface area contributed by atoms with Crippen molar-refractivity contribution < 1.29 is 23.1 Å². The molecule has 1 N–H and O–H groups in total. The van der Waals surface area contributed by atoms with Crippen LogP contribution in [0.5, 0.6) is 0 Å². The molecular weight excluding hydrogens is 270 g/mol. The van der Waals surface area contributed by atoms with Crippen LogP contribution in [0.2, 0.25) is 0 Å². The number of piperidine rings is 1. The zero-order valence-electron chi connectivity index (χ0n) is 11.1. The Morgan fingerprint density at radius 1 is 1.26 bits per heavy atom. The van der Waals surface area contributed by atoms with E-state index < -0.39 is 27.2 Å². The molecular formula is C12H21NO5S. The van der Waals surface area contributed by atoms with Gasteiger partial charge < -0.3 is 9.84 Å². The molecule has 3 unspecified atom stereocenters. The number of hydrogen-bond acceptors (Lipinski definition) is 4. The Hall–Kier alpha value is -0.660. The topological polar surface area (TPSA) is 83.9 Å². The third-order valence-corrected chi connectivity index (χ3v) is 6.57. The lowest BCUT2D eigenvalue weighted by atomic mass is 10.1. The minimum absolute atomic E-state index is 0.0757. The van der Waals surface area contributed by atoms with E-state index in [9.17, 15) is 13.2 Å². The second-order valence-electron chi connectivity index (χ2n) is 5.32. The van der Waals surface area contributed by atoms with E-state index in [1.807, 2.05) is 0 Å². The van der Waals surface area contributed by atoms with Crippen molar-refractivity contribution >= 4 is 16.0 Å². The number of nitrogens with zero attached hydrogens (tertiary/aromatic N) is 1. The van der Waals surface area contributed by atoms with Crippen LogP contribution in [0.3, 0.4) is 0 Å². The van der Waals surface area contributed by atoms with Crippen LogP contribution in [0.15, 0.2) is 0 Å². The van der Waals surface area contributed by atoms with Gasteiger partial charge in [0.25, 0.3) is 0 Å². The van der Waals surface area contributed by atoms with Crippen molar-refractivity contribution in [1.29, 1.82) is 0 Å². The first kappa shape index (κ1) is 14.7. The Kier molecular flexibility index (Phi) is 4.47. The normalized spacial score (nSPS) is 33.4. The van der Waals surface area contributed by atoms with E-state index >= 15 is 0 Å². The molecule has 1 aliphatic carbocycles. The second kappa shape index (κ2) is 5.76. The molecule has 0 aromatic rings. The lowest BCUT2D eigenvalue weighted by Crippen LogP contribution is -2.48. The number of carboxylic acids is 1. The Morgan fingerprint density at radius 3 is 2.63 bits per heavy atom. The summed E-state index contributed by atoms with van der Waals surface area (Å²) < 4.78 is 31.8. The number of methoxy groups -OCH3 is 1. The van der Waals surface area contributed by atoms with E-state index in [4.69, 9.17) is 9.84 Å². The highest BCUT2D eigenvalue weighted by Crippen LogP contribution is 2.34. The maximum Gasteiger partial charge on any atom is 0.307 e.